The van der Waals surface area contributed by atoms with Gasteiger partial charge in [-0.05, 0) is 43.8 Å². The first-order valence-corrected chi connectivity index (χ1v) is 7.88. The molecule has 1 aliphatic heterocycles. The highest BCUT2D eigenvalue weighted by Crippen LogP contribution is 2.58. The lowest BCUT2D eigenvalue weighted by Gasteiger charge is -2.23. The zero-order valence-electron chi connectivity index (χ0n) is 13.7. The number of hydrogen-bond donors (Lipinski definition) is 2. The lowest BCUT2D eigenvalue weighted by atomic mass is 9.92. The first kappa shape index (κ1) is 17.9. The van der Waals surface area contributed by atoms with Gasteiger partial charge in [-0.25, -0.2) is 0 Å². The Bertz CT molecular complexity index is 559. The monoisotopic (exact) mass is 340 g/mol. The van der Waals surface area contributed by atoms with Crippen molar-refractivity contribution in [3.63, 3.8) is 0 Å². The number of piperidine rings is 1. The predicted molar refractivity (Wildman–Crippen MR) is 91.3 cm³/mol. The van der Waals surface area contributed by atoms with Crippen molar-refractivity contribution in [1.82, 2.24) is 10.6 Å². The molecule has 128 valence electrons. The van der Waals surface area contributed by atoms with Crippen LogP contribution >= 0.6 is 12.4 Å². The summed E-state index contributed by atoms with van der Waals surface area (Å²) in [7, 11) is 3.24. The third-order valence-corrected chi connectivity index (χ3v) is 5.04. The molecule has 1 saturated carbocycles. The van der Waals surface area contributed by atoms with Crippen LogP contribution in [0.15, 0.2) is 18.2 Å². The van der Waals surface area contributed by atoms with Crippen molar-refractivity contribution >= 4 is 18.3 Å². The third-order valence-electron chi connectivity index (χ3n) is 5.04. The van der Waals surface area contributed by atoms with Crippen LogP contribution in [0.5, 0.6) is 11.5 Å². The van der Waals surface area contributed by atoms with Gasteiger partial charge in [0.15, 0.2) is 11.5 Å². The average Bonchev–Trinajstić information content (AvgIpc) is 3.25. The molecule has 1 saturated heterocycles. The molecule has 5 nitrogen and oxygen atoms in total. The van der Waals surface area contributed by atoms with E-state index in [4.69, 9.17) is 9.47 Å². The predicted octanol–water partition coefficient (Wildman–Crippen LogP) is 2.13. The number of halogens is 1. The first-order chi connectivity index (χ1) is 10.7. The van der Waals surface area contributed by atoms with Gasteiger partial charge < -0.3 is 20.1 Å². The summed E-state index contributed by atoms with van der Waals surface area (Å²) in [6.07, 6.45) is 3.27. The lowest BCUT2D eigenvalue weighted by molar-refractivity contribution is -0.123. The van der Waals surface area contributed by atoms with Crippen LogP contribution in [0, 0.1) is 11.3 Å². The van der Waals surface area contributed by atoms with Crippen molar-refractivity contribution in [2.24, 2.45) is 11.3 Å². The highest BCUT2D eigenvalue weighted by atomic mass is 35.5. The fourth-order valence-corrected chi connectivity index (χ4v) is 3.59. The summed E-state index contributed by atoms with van der Waals surface area (Å²) in [6.45, 7) is 2.55. The van der Waals surface area contributed by atoms with Gasteiger partial charge in [0.05, 0.1) is 14.2 Å². The third kappa shape index (κ3) is 3.56. The van der Waals surface area contributed by atoms with Gasteiger partial charge in [-0.3, -0.25) is 4.79 Å². The number of ether oxygens (including phenoxy) is 2. The van der Waals surface area contributed by atoms with Gasteiger partial charge in [0.1, 0.15) is 0 Å². The fourth-order valence-electron chi connectivity index (χ4n) is 3.59. The Balaban J connectivity index is 0.00000192. The molecule has 0 aromatic heterocycles. The number of carbonyl (C=O) groups excluding carboxylic acids is 1. The van der Waals surface area contributed by atoms with Gasteiger partial charge in [0.25, 0.3) is 0 Å². The molecule has 6 heteroatoms. The van der Waals surface area contributed by atoms with E-state index in [1.807, 2.05) is 18.2 Å². The van der Waals surface area contributed by atoms with E-state index in [0.717, 1.165) is 37.9 Å². The van der Waals surface area contributed by atoms with Crippen molar-refractivity contribution in [3.05, 3.63) is 23.8 Å². The topological polar surface area (TPSA) is 59.6 Å². The minimum absolute atomic E-state index is 0. The Morgan fingerprint density at radius 1 is 1.30 bits per heavy atom. The Kier molecular flexibility index (Phi) is 5.76. The molecule has 0 radical (unpaired) electrons. The minimum atomic E-state index is 0. The van der Waals surface area contributed by atoms with E-state index in [2.05, 4.69) is 10.6 Å². The number of carbonyl (C=O) groups is 1. The van der Waals surface area contributed by atoms with E-state index in [9.17, 15) is 4.79 Å². The number of methoxy groups -OCH3 is 2. The second-order valence-electron chi connectivity index (χ2n) is 6.24. The molecule has 1 aromatic rings. The Morgan fingerprint density at radius 3 is 2.70 bits per heavy atom. The largest absolute Gasteiger partial charge is 0.493 e. The number of amides is 1. The van der Waals surface area contributed by atoms with Crippen LogP contribution in [-0.2, 0) is 11.3 Å². The van der Waals surface area contributed by atoms with Crippen molar-refractivity contribution in [3.8, 4) is 11.5 Å². The zero-order chi connectivity index (χ0) is 15.6. The molecule has 2 aliphatic rings. The minimum Gasteiger partial charge on any atom is -0.493 e. The second kappa shape index (κ2) is 7.41. The molecule has 1 spiro atoms. The SMILES string of the molecule is COc1cccc(CNC(=O)C2CC23CCNCC3)c1OC.Cl. The van der Waals surface area contributed by atoms with Gasteiger partial charge in [-0.2, -0.15) is 0 Å². The molecule has 1 atom stereocenters. The summed E-state index contributed by atoms with van der Waals surface area (Å²) >= 11 is 0. The molecule has 1 aliphatic carbocycles. The van der Waals surface area contributed by atoms with Crippen molar-refractivity contribution < 1.29 is 14.3 Å². The van der Waals surface area contributed by atoms with Gasteiger partial charge in [0, 0.05) is 18.0 Å². The van der Waals surface area contributed by atoms with Crippen LogP contribution in [0.1, 0.15) is 24.8 Å². The van der Waals surface area contributed by atoms with E-state index in [1.54, 1.807) is 14.2 Å². The molecule has 0 bridgehead atoms. The Morgan fingerprint density at radius 2 is 2.04 bits per heavy atom. The fraction of sp³-hybridized carbons (Fsp3) is 0.588. The smallest absolute Gasteiger partial charge is 0.223 e. The standard InChI is InChI=1S/C17H24N2O3.ClH/c1-21-14-5-3-4-12(15(14)22-2)11-19-16(20)13-10-17(13)6-8-18-9-7-17;/h3-5,13,18H,6-11H2,1-2H3,(H,19,20);1H. The molecular weight excluding hydrogens is 316 g/mol. The van der Waals surface area contributed by atoms with E-state index >= 15 is 0 Å². The maximum absolute atomic E-state index is 12.4. The van der Waals surface area contributed by atoms with Crippen LogP contribution in [-0.4, -0.2) is 33.2 Å². The summed E-state index contributed by atoms with van der Waals surface area (Å²) in [4.78, 5) is 12.4. The highest BCUT2D eigenvalue weighted by molar-refractivity contribution is 5.85. The van der Waals surface area contributed by atoms with Crippen molar-refractivity contribution in [1.29, 1.82) is 0 Å². The second-order valence-corrected chi connectivity index (χ2v) is 6.24. The average molecular weight is 341 g/mol. The molecule has 1 heterocycles. The molecule has 1 aromatic carbocycles. The van der Waals surface area contributed by atoms with Gasteiger partial charge in [-0.1, -0.05) is 12.1 Å². The van der Waals surface area contributed by atoms with Crippen LogP contribution in [0.3, 0.4) is 0 Å². The van der Waals surface area contributed by atoms with Crippen LogP contribution in [0.4, 0.5) is 0 Å². The Labute approximate surface area is 143 Å². The van der Waals surface area contributed by atoms with Gasteiger partial charge >= 0.3 is 0 Å². The summed E-state index contributed by atoms with van der Waals surface area (Å²) in [5, 5.41) is 6.43. The number of benzene rings is 1. The molecule has 1 unspecified atom stereocenters. The Hall–Kier alpha value is -1.46. The number of rotatable bonds is 5. The van der Waals surface area contributed by atoms with Crippen LogP contribution in [0.2, 0.25) is 0 Å². The van der Waals surface area contributed by atoms with Crippen LogP contribution in [0.25, 0.3) is 0 Å². The van der Waals surface area contributed by atoms with E-state index < -0.39 is 0 Å². The number of hydrogen-bond acceptors (Lipinski definition) is 4. The van der Waals surface area contributed by atoms with Crippen molar-refractivity contribution in [2.45, 2.75) is 25.8 Å². The normalized spacial score (nSPS) is 21.2. The molecule has 1 amide bonds. The number of para-hydroxylation sites is 1. The quantitative estimate of drug-likeness (QED) is 0.862. The summed E-state index contributed by atoms with van der Waals surface area (Å²) < 4.78 is 10.7. The van der Waals surface area contributed by atoms with Crippen LogP contribution < -0.4 is 20.1 Å². The summed E-state index contributed by atoms with van der Waals surface area (Å²) in [5.41, 5.74) is 1.21. The van der Waals surface area contributed by atoms with E-state index in [1.165, 1.54) is 0 Å². The van der Waals surface area contributed by atoms with Gasteiger partial charge in [0.2, 0.25) is 5.91 Å². The maximum Gasteiger partial charge on any atom is 0.223 e. The molecule has 3 rings (SSSR count). The van der Waals surface area contributed by atoms with Gasteiger partial charge in [-0.15, -0.1) is 12.4 Å². The summed E-state index contributed by atoms with van der Waals surface area (Å²) in [5.74, 6) is 1.74. The molecular formula is C17H25ClN2O3. The molecule has 2 N–H and O–H groups in total. The number of nitrogens with one attached hydrogen (secondary N) is 2. The maximum atomic E-state index is 12.4. The first-order valence-electron chi connectivity index (χ1n) is 7.88. The highest BCUT2D eigenvalue weighted by Gasteiger charge is 2.57. The molecule has 2 fully saturated rings. The summed E-state index contributed by atoms with van der Waals surface area (Å²) in [6, 6.07) is 5.72. The lowest BCUT2D eigenvalue weighted by Crippen LogP contribution is -2.33. The molecule has 23 heavy (non-hydrogen) atoms. The van der Waals surface area contributed by atoms with Crippen molar-refractivity contribution in [2.75, 3.05) is 27.3 Å². The van der Waals surface area contributed by atoms with E-state index in [0.29, 0.717) is 18.0 Å². The zero-order valence-corrected chi connectivity index (χ0v) is 14.5. The van der Waals surface area contributed by atoms with E-state index in [-0.39, 0.29) is 29.6 Å².